The van der Waals surface area contributed by atoms with Crippen molar-refractivity contribution in [3.63, 3.8) is 0 Å². The number of aryl methyl sites for hydroxylation is 1. The number of amides is 2. The van der Waals surface area contributed by atoms with Gasteiger partial charge in [-0.25, -0.2) is 19.4 Å². The molecular formula is C23H21N3O7S. The second kappa shape index (κ2) is 8.90. The molecule has 0 saturated carbocycles. The molecule has 1 unspecified atom stereocenters. The molecule has 4 heterocycles. The Kier molecular flexibility index (Phi) is 5.78. The smallest absolute Gasteiger partial charge is 0.341 e. The highest BCUT2D eigenvalue weighted by Gasteiger charge is 2.35. The number of nitrogens with one attached hydrogen (secondary N) is 2. The molecular weight excluding hydrogens is 462 g/mol. The molecule has 3 aliphatic rings. The Morgan fingerprint density at radius 2 is 2.03 bits per heavy atom. The van der Waals surface area contributed by atoms with E-state index in [-0.39, 0.29) is 31.3 Å². The third-order valence-corrected chi connectivity index (χ3v) is 6.49. The zero-order valence-electron chi connectivity index (χ0n) is 18.4. The summed E-state index contributed by atoms with van der Waals surface area (Å²) in [5.41, 5.74) is 3.21. The Balaban J connectivity index is 1.52. The van der Waals surface area contributed by atoms with E-state index in [1.165, 1.54) is 11.8 Å². The molecule has 0 fully saturated rings. The van der Waals surface area contributed by atoms with E-state index < -0.39 is 24.0 Å². The number of pyridine rings is 1. The van der Waals surface area contributed by atoms with Gasteiger partial charge in [-0.1, -0.05) is 17.8 Å². The number of aromatic nitrogens is 1. The molecule has 2 amide bonds. The van der Waals surface area contributed by atoms with Crippen LogP contribution in [0.5, 0.6) is 11.5 Å². The lowest BCUT2D eigenvalue weighted by molar-refractivity contribution is -0.139. The van der Waals surface area contributed by atoms with E-state index in [0.29, 0.717) is 33.3 Å². The third kappa shape index (κ3) is 4.03. The molecule has 0 radical (unpaired) electrons. The molecule has 2 N–H and O–H groups in total. The molecule has 0 aliphatic carbocycles. The number of thioether (sulfide) groups is 1. The van der Waals surface area contributed by atoms with Crippen LogP contribution in [0.4, 0.5) is 4.79 Å². The average molecular weight is 484 g/mol. The SMILES string of the molecule is CCOC(=O)C1=C(CSc2nc(C)cc3c2C(=O)OC3)NC(=O)NC1c1ccc2c(c1)OCO2. The summed E-state index contributed by atoms with van der Waals surface area (Å²) in [5, 5.41) is 6.01. The van der Waals surface area contributed by atoms with Gasteiger partial charge in [-0.3, -0.25) is 0 Å². The molecule has 0 bridgehead atoms. The number of urea groups is 1. The molecule has 34 heavy (non-hydrogen) atoms. The number of cyclic esters (lactones) is 1. The van der Waals surface area contributed by atoms with Crippen LogP contribution in [0, 0.1) is 6.92 Å². The van der Waals surface area contributed by atoms with Crippen molar-refractivity contribution in [2.24, 2.45) is 0 Å². The summed E-state index contributed by atoms with van der Waals surface area (Å²) in [7, 11) is 0. The first-order valence-electron chi connectivity index (χ1n) is 10.6. The zero-order valence-corrected chi connectivity index (χ0v) is 19.2. The lowest BCUT2D eigenvalue weighted by Crippen LogP contribution is -2.46. The van der Waals surface area contributed by atoms with E-state index in [1.54, 1.807) is 25.1 Å². The Hall–Kier alpha value is -3.73. The molecule has 2 aromatic rings. The molecule has 176 valence electrons. The van der Waals surface area contributed by atoms with Crippen LogP contribution < -0.4 is 20.1 Å². The molecule has 1 aromatic carbocycles. The van der Waals surface area contributed by atoms with Crippen molar-refractivity contribution < 1.29 is 33.3 Å². The molecule has 1 atom stereocenters. The van der Waals surface area contributed by atoms with Crippen LogP contribution in [-0.4, -0.2) is 42.1 Å². The maximum atomic E-state index is 13.0. The predicted octanol–water partition coefficient (Wildman–Crippen LogP) is 2.75. The van der Waals surface area contributed by atoms with Gasteiger partial charge in [0.05, 0.1) is 23.8 Å². The standard InChI is InChI=1S/C23H21N3O7S/c1-3-30-22(28)18-14(9-34-20-17-13(6-11(2)24-20)8-31-21(17)27)25-23(29)26-19(18)12-4-5-15-16(7-12)33-10-32-15/h4-7,19H,3,8-10H2,1-2H3,(H2,25,26,29). The Morgan fingerprint density at radius 1 is 1.21 bits per heavy atom. The maximum absolute atomic E-state index is 13.0. The number of ether oxygens (including phenoxy) is 4. The summed E-state index contributed by atoms with van der Waals surface area (Å²) < 4.78 is 21.3. The van der Waals surface area contributed by atoms with Crippen molar-refractivity contribution in [1.29, 1.82) is 0 Å². The fourth-order valence-electron chi connectivity index (χ4n) is 4.03. The summed E-state index contributed by atoms with van der Waals surface area (Å²) in [6, 6.07) is 5.81. The summed E-state index contributed by atoms with van der Waals surface area (Å²) in [5.74, 6) is 0.307. The van der Waals surface area contributed by atoms with Crippen molar-refractivity contribution >= 4 is 29.7 Å². The van der Waals surface area contributed by atoms with E-state index in [2.05, 4.69) is 15.6 Å². The third-order valence-electron chi connectivity index (χ3n) is 5.49. The van der Waals surface area contributed by atoms with Crippen molar-refractivity contribution in [2.45, 2.75) is 31.5 Å². The van der Waals surface area contributed by atoms with Crippen molar-refractivity contribution in [1.82, 2.24) is 15.6 Å². The van der Waals surface area contributed by atoms with E-state index >= 15 is 0 Å². The largest absolute Gasteiger partial charge is 0.463 e. The second-order valence-corrected chi connectivity index (χ2v) is 8.69. The fourth-order valence-corrected chi connectivity index (χ4v) is 5.10. The Labute approximate surface area is 199 Å². The summed E-state index contributed by atoms with van der Waals surface area (Å²) >= 11 is 1.24. The highest BCUT2D eigenvalue weighted by atomic mass is 32.2. The number of hydrogen-bond donors (Lipinski definition) is 2. The van der Waals surface area contributed by atoms with Gasteiger partial charge in [0.2, 0.25) is 6.79 Å². The van der Waals surface area contributed by atoms with Gasteiger partial charge in [-0.05, 0) is 37.6 Å². The first-order valence-corrected chi connectivity index (χ1v) is 11.6. The Morgan fingerprint density at radius 3 is 2.85 bits per heavy atom. The summed E-state index contributed by atoms with van der Waals surface area (Å²) in [6.07, 6.45) is 0. The van der Waals surface area contributed by atoms with Gasteiger partial charge in [0.25, 0.3) is 0 Å². The van der Waals surface area contributed by atoms with Gasteiger partial charge >= 0.3 is 18.0 Å². The van der Waals surface area contributed by atoms with Crippen LogP contribution in [0.1, 0.15) is 40.1 Å². The van der Waals surface area contributed by atoms with Gasteiger partial charge in [-0.15, -0.1) is 0 Å². The molecule has 10 nitrogen and oxygen atoms in total. The Bertz CT molecular complexity index is 1240. The molecule has 3 aliphatic heterocycles. The average Bonchev–Trinajstić information content (AvgIpc) is 3.43. The number of benzene rings is 1. The quantitative estimate of drug-likeness (QED) is 0.471. The zero-order chi connectivity index (χ0) is 23.8. The number of esters is 2. The van der Waals surface area contributed by atoms with E-state index in [4.69, 9.17) is 18.9 Å². The first kappa shape index (κ1) is 22.1. The first-order chi connectivity index (χ1) is 16.4. The predicted molar refractivity (Wildman–Crippen MR) is 119 cm³/mol. The minimum atomic E-state index is -0.765. The van der Waals surface area contributed by atoms with Gasteiger partial charge in [0, 0.05) is 22.7 Å². The second-order valence-electron chi connectivity index (χ2n) is 7.72. The van der Waals surface area contributed by atoms with Crippen LogP contribution >= 0.6 is 11.8 Å². The normalized spacial score (nSPS) is 18.2. The van der Waals surface area contributed by atoms with Gasteiger partial charge in [0.15, 0.2) is 11.5 Å². The molecule has 1 aromatic heterocycles. The van der Waals surface area contributed by atoms with Gasteiger partial charge in [-0.2, -0.15) is 0 Å². The maximum Gasteiger partial charge on any atom is 0.341 e. The molecule has 0 saturated heterocycles. The van der Waals surface area contributed by atoms with Crippen molar-refractivity contribution in [3.8, 4) is 11.5 Å². The monoisotopic (exact) mass is 483 g/mol. The fraction of sp³-hybridized carbons (Fsp3) is 0.304. The number of carbonyl (C=O) groups is 3. The van der Waals surface area contributed by atoms with E-state index in [1.807, 2.05) is 13.0 Å². The van der Waals surface area contributed by atoms with E-state index in [9.17, 15) is 14.4 Å². The van der Waals surface area contributed by atoms with Gasteiger partial charge < -0.3 is 29.6 Å². The highest BCUT2D eigenvalue weighted by Crippen LogP contribution is 2.38. The number of carbonyl (C=O) groups excluding carboxylic acids is 3. The van der Waals surface area contributed by atoms with Crippen LogP contribution in [0.3, 0.4) is 0 Å². The topological polar surface area (TPSA) is 125 Å². The van der Waals surface area contributed by atoms with Crippen molar-refractivity contribution in [2.75, 3.05) is 19.2 Å². The highest BCUT2D eigenvalue weighted by molar-refractivity contribution is 7.99. The summed E-state index contributed by atoms with van der Waals surface area (Å²) in [4.78, 5) is 42.3. The van der Waals surface area contributed by atoms with Crippen LogP contribution in [0.15, 0.2) is 40.6 Å². The minimum Gasteiger partial charge on any atom is -0.463 e. The molecule has 11 heteroatoms. The molecule has 5 rings (SSSR count). The number of fused-ring (bicyclic) bond motifs is 2. The minimum absolute atomic E-state index is 0.107. The van der Waals surface area contributed by atoms with Crippen LogP contribution in [0.2, 0.25) is 0 Å². The summed E-state index contributed by atoms with van der Waals surface area (Å²) in [6.45, 7) is 4.02. The molecule has 0 spiro atoms. The number of hydrogen-bond acceptors (Lipinski definition) is 9. The van der Waals surface area contributed by atoms with Crippen molar-refractivity contribution in [3.05, 3.63) is 57.9 Å². The number of rotatable bonds is 6. The van der Waals surface area contributed by atoms with Crippen LogP contribution in [-0.2, 0) is 20.9 Å². The number of nitrogens with zero attached hydrogens (tertiary/aromatic N) is 1. The lowest BCUT2D eigenvalue weighted by Gasteiger charge is -2.29. The van der Waals surface area contributed by atoms with Gasteiger partial charge in [0.1, 0.15) is 11.6 Å². The van der Waals surface area contributed by atoms with Crippen LogP contribution in [0.25, 0.3) is 0 Å². The lowest BCUT2D eigenvalue weighted by atomic mass is 9.95. The van der Waals surface area contributed by atoms with E-state index in [0.717, 1.165) is 11.3 Å².